The third-order valence-corrected chi connectivity index (χ3v) is 4.96. The van der Waals surface area contributed by atoms with Crippen molar-refractivity contribution in [3.05, 3.63) is 54.0 Å². The molecule has 0 radical (unpaired) electrons. The number of hydrogen-bond donors (Lipinski definition) is 2. The smallest absolute Gasteiger partial charge is 0.191 e. The van der Waals surface area contributed by atoms with Gasteiger partial charge in [0.25, 0.3) is 0 Å². The van der Waals surface area contributed by atoms with Crippen LogP contribution in [0.5, 0.6) is 5.75 Å². The summed E-state index contributed by atoms with van der Waals surface area (Å²) in [5, 5.41) is 6.81. The lowest BCUT2D eigenvalue weighted by atomic mass is 10.1. The monoisotopic (exact) mass is 527 g/mol. The lowest BCUT2D eigenvalue weighted by molar-refractivity contribution is 0.223. The number of guanidine groups is 1. The number of nitrogens with zero attached hydrogens (tertiary/aromatic N) is 3. The second-order valence-electron chi connectivity index (χ2n) is 7.38. The van der Waals surface area contributed by atoms with Crippen LogP contribution >= 0.6 is 24.0 Å². The van der Waals surface area contributed by atoms with Gasteiger partial charge in [0.1, 0.15) is 23.5 Å². The summed E-state index contributed by atoms with van der Waals surface area (Å²) < 4.78 is 18.8. The molecule has 1 aromatic carbocycles. The van der Waals surface area contributed by atoms with E-state index < -0.39 is 0 Å². The van der Waals surface area contributed by atoms with E-state index in [9.17, 15) is 4.39 Å². The van der Waals surface area contributed by atoms with E-state index in [0.717, 1.165) is 43.4 Å². The van der Waals surface area contributed by atoms with Gasteiger partial charge in [-0.2, -0.15) is 0 Å². The van der Waals surface area contributed by atoms with Gasteiger partial charge in [-0.15, -0.1) is 24.0 Å². The van der Waals surface area contributed by atoms with Gasteiger partial charge in [-0.05, 0) is 63.1 Å². The summed E-state index contributed by atoms with van der Waals surface area (Å²) >= 11 is 0. The summed E-state index contributed by atoms with van der Waals surface area (Å²) in [6, 6.07) is 12.6. The minimum atomic E-state index is -0.267. The Labute approximate surface area is 195 Å². The van der Waals surface area contributed by atoms with Gasteiger partial charge in [0, 0.05) is 31.9 Å². The Kier molecular flexibility index (Phi) is 9.61. The summed E-state index contributed by atoms with van der Waals surface area (Å²) in [7, 11) is 1.77. The van der Waals surface area contributed by atoms with Crippen LogP contribution in [0.15, 0.2) is 47.5 Å². The topological polar surface area (TPSA) is 61.8 Å². The fourth-order valence-corrected chi connectivity index (χ4v) is 3.37. The standard InChI is InChI=1S/C22H30FN5O.HI/c1-16-5-4-6-21(26-16)28-13-11-19(12-14-28)27-22(24-3)25-15-17(2)29-20-9-7-18(23)8-10-20;/h4-10,17,19H,11-15H2,1-3H3,(H2,24,25,27);1H. The normalized spacial score (nSPS) is 15.9. The van der Waals surface area contributed by atoms with Gasteiger partial charge in [0.2, 0.25) is 0 Å². The number of rotatable bonds is 6. The molecule has 2 heterocycles. The van der Waals surface area contributed by atoms with Gasteiger partial charge in [0.05, 0.1) is 6.54 Å². The van der Waals surface area contributed by atoms with Crippen molar-refractivity contribution in [2.24, 2.45) is 4.99 Å². The van der Waals surface area contributed by atoms with Crippen LogP contribution in [0.25, 0.3) is 0 Å². The molecule has 6 nitrogen and oxygen atoms in total. The molecule has 1 unspecified atom stereocenters. The molecule has 3 rings (SSSR count). The van der Waals surface area contributed by atoms with Crippen molar-refractivity contribution in [3.63, 3.8) is 0 Å². The van der Waals surface area contributed by atoms with E-state index in [2.05, 4.69) is 37.6 Å². The summed E-state index contributed by atoms with van der Waals surface area (Å²) in [4.78, 5) is 11.3. The van der Waals surface area contributed by atoms with Gasteiger partial charge in [-0.3, -0.25) is 4.99 Å². The maximum atomic E-state index is 13.0. The molecule has 1 aliphatic rings. The number of aryl methyl sites for hydroxylation is 1. The van der Waals surface area contributed by atoms with Crippen LogP contribution in [0.2, 0.25) is 0 Å². The minimum Gasteiger partial charge on any atom is -0.489 e. The second kappa shape index (κ2) is 11.9. The highest BCUT2D eigenvalue weighted by Gasteiger charge is 2.21. The maximum Gasteiger partial charge on any atom is 0.191 e. The molecule has 1 fully saturated rings. The number of halogens is 2. The zero-order chi connectivity index (χ0) is 20.6. The lowest BCUT2D eigenvalue weighted by Gasteiger charge is -2.34. The third kappa shape index (κ3) is 7.30. The maximum absolute atomic E-state index is 13.0. The Morgan fingerprint density at radius 1 is 1.23 bits per heavy atom. The predicted molar refractivity (Wildman–Crippen MR) is 131 cm³/mol. The number of aliphatic imine (C=N–C) groups is 1. The quantitative estimate of drug-likeness (QED) is 0.341. The molecule has 1 saturated heterocycles. The molecule has 2 N–H and O–H groups in total. The van der Waals surface area contributed by atoms with E-state index >= 15 is 0 Å². The SMILES string of the molecule is CN=C(NCC(C)Oc1ccc(F)cc1)NC1CCN(c2cccc(C)n2)CC1.I. The van der Waals surface area contributed by atoms with Gasteiger partial charge in [0.15, 0.2) is 5.96 Å². The molecular formula is C22H31FIN5O. The van der Waals surface area contributed by atoms with E-state index in [0.29, 0.717) is 18.3 Å². The van der Waals surface area contributed by atoms with Gasteiger partial charge >= 0.3 is 0 Å². The Balaban J connectivity index is 0.00000320. The summed E-state index contributed by atoms with van der Waals surface area (Å²) in [5.74, 6) is 2.21. The number of benzene rings is 1. The van der Waals surface area contributed by atoms with E-state index in [1.165, 1.54) is 12.1 Å². The number of nitrogens with one attached hydrogen (secondary N) is 2. The molecule has 164 valence electrons. The number of piperidine rings is 1. The van der Waals surface area contributed by atoms with E-state index in [1.54, 1.807) is 19.2 Å². The largest absolute Gasteiger partial charge is 0.489 e. The van der Waals surface area contributed by atoms with Crippen molar-refractivity contribution >= 4 is 35.8 Å². The average Bonchev–Trinajstić information content (AvgIpc) is 2.73. The fourth-order valence-electron chi connectivity index (χ4n) is 3.37. The van der Waals surface area contributed by atoms with Crippen LogP contribution in [-0.2, 0) is 0 Å². The first-order valence-corrected chi connectivity index (χ1v) is 10.1. The molecular weight excluding hydrogens is 496 g/mol. The van der Waals surface area contributed by atoms with Gasteiger partial charge in [-0.25, -0.2) is 9.37 Å². The van der Waals surface area contributed by atoms with Gasteiger partial charge in [-0.1, -0.05) is 6.07 Å². The molecule has 8 heteroatoms. The van der Waals surface area contributed by atoms with Crippen LogP contribution in [0.4, 0.5) is 10.2 Å². The van der Waals surface area contributed by atoms with Crippen LogP contribution < -0.4 is 20.3 Å². The van der Waals surface area contributed by atoms with Crippen LogP contribution in [0.3, 0.4) is 0 Å². The Morgan fingerprint density at radius 2 is 1.93 bits per heavy atom. The summed E-state index contributed by atoms with van der Waals surface area (Å²) in [6.45, 7) is 6.53. The second-order valence-corrected chi connectivity index (χ2v) is 7.38. The predicted octanol–water partition coefficient (Wildman–Crippen LogP) is 3.75. The summed E-state index contributed by atoms with van der Waals surface area (Å²) in [5.41, 5.74) is 1.05. The molecule has 30 heavy (non-hydrogen) atoms. The molecule has 1 atom stereocenters. The van der Waals surface area contributed by atoms with Crippen molar-refractivity contribution in [3.8, 4) is 5.75 Å². The number of pyridine rings is 1. The van der Waals surface area contributed by atoms with E-state index in [-0.39, 0.29) is 35.9 Å². The highest BCUT2D eigenvalue weighted by molar-refractivity contribution is 14.0. The van der Waals surface area contributed by atoms with Crippen molar-refractivity contribution in [2.75, 3.05) is 31.6 Å². The fraction of sp³-hybridized carbons (Fsp3) is 0.455. The molecule has 0 amide bonds. The van der Waals surface area contributed by atoms with Crippen molar-refractivity contribution in [1.82, 2.24) is 15.6 Å². The lowest BCUT2D eigenvalue weighted by Crippen LogP contribution is -2.50. The molecule has 2 aromatic rings. The molecule has 0 bridgehead atoms. The third-order valence-electron chi connectivity index (χ3n) is 4.96. The molecule has 0 saturated carbocycles. The highest BCUT2D eigenvalue weighted by atomic mass is 127. The number of hydrogen-bond acceptors (Lipinski definition) is 4. The zero-order valence-corrected chi connectivity index (χ0v) is 20.1. The van der Waals surface area contributed by atoms with Crippen molar-refractivity contribution in [2.45, 2.75) is 38.8 Å². The first-order chi connectivity index (χ1) is 14.0. The Morgan fingerprint density at radius 3 is 2.57 bits per heavy atom. The number of anilines is 1. The highest BCUT2D eigenvalue weighted by Crippen LogP contribution is 2.18. The number of aromatic nitrogens is 1. The van der Waals surface area contributed by atoms with Gasteiger partial charge < -0.3 is 20.3 Å². The van der Waals surface area contributed by atoms with E-state index in [4.69, 9.17) is 4.74 Å². The summed E-state index contributed by atoms with van der Waals surface area (Å²) in [6.07, 6.45) is 1.98. The van der Waals surface area contributed by atoms with Crippen molar-refractivity contribution < 1.29 is 9.13 Å². The Bertz CT molecular complexity index is 809. The first-order valence-electron chi connectivity index (χ1n) is 10.1. The van der Waals surface area contributed by atoms with Crippen LogP contribution in [0, 0.1) is 12.7 Å². The molecule has 1 aliphatic heterocycles. The molecule has 0 spiro atoms. The average molecular weight is 527 g/mol. The molecule has 0 aliphatic carbocycles. The van der Waals surface area contributed by atoms with E-state index in [1.807, 2.05) is 19.9 Å². The molecule has 1 aromatic heterocycles. The van der Waals surface area contributed by atoms with Crippen molar-refractivity contribution in [1.29, 1.82) is 0 Å². The first kappa shape index (κ1) is 24.2. The van der Waals surface area contributed by atoms with Crippen LogP contribution in [-0.4, -0.2) is 49.8 Å². The minimum absolute atomic E-state index is 0. The van der Waals surface area contributed by atoms with Crippen LogP contribution in [0.1, 0.15) is 25.5 Å². The Hall–Kier alpha value is -2.10. The number of ether oxygens (including phenoxy) is 1. The zero-order valence-electron chi connectivity index (χ0n) is 17.8.